The first-order chi connectivity index (χ1) is 9.94. The van der Waals surface area contributed by atoms with Crippen molar-refractivity contribution in [1.29, 1.82) is 0 Å². The quantitative estimate of drug-likeness (QED) is 0.876. The van der Waals surface area contributed by atoms with Crippen LogP contribution < -0.4 is 4.72 Å². The number of hydrogen-bond acceptors (Lipinski definition) is 4. The van der Waals surface area contributed by atoms with Gasteiger partial charge in [0, 0.05) is 24.5 Å². The molecule has 0 atom stereocenters. The third-order valence-electron chi connectivity index (χ3n) is 2.75. The predicted molar refractivity (Wildman–Crippen MR) is 75.6 cm³/mol. The summed E-state index contributed by atoms with van der Waals surface area (Å²) in [5, 5.41) is 8.78. The number of sulfonamides is 1. The van der Waals surface area contributed by atoms with Crippen LogP contribution in [-0.4, -0.2) is 18.5 Å². The maximum Gasteiger partial charge on any atom is 0.240 e. The van der Waals surface area contributed by atoms with E-state index < -0.39 is 22.4 Å². The van der Waals surface area contributed by atoms with Crippen LogP contribution in [-0.2, 0) is 23.2 Å². The van der Waals surface area contributed by atoms with Gasteiger partial charge in [0.2, 0.25) is 10.0 Å². The van der Waals surface area contributed by atoms with Gasteiger partial charge in [-0.2, -0.15) is 0 Å². The van der Waals surface area contributed by atoms with Gasteiger partial charge < -0.3 is 5.11 Å². The molecule has 5 nitrogen and oxygen atoms in total. The number of halogens is 2. The highest BCUT2D eigenvalue weighted by molar-refractivity contribution is 7.89. The largest absolute Gasteiger partial charge is 0.392 e. The van der Waals surface area contributed by atoms with Crippen LogP contribution >= 0.6 is 11.6 Å². The summed E-state index contributed by atoms with van der Waals surface area (Å²) in [5.41, 5.74) is 0.677. The Hall–Kier alpha value is -1.54. The second kappa shape index (κ2) is 6.48. The maximum absolute atomic E-state index is 13.6. The van der Waals surface area contributed by atoms with Crippen molar-refractivity contribution < 1.29 is 17.9 Å². The first-order valence-electron chi connectivity index (χ1n) is 5.91. The van der Waals surface area contributed by atoms with E-state index in [9.17, 15) is 12.8 Å². The third kappa shape index (κ3) is 3.76. The molecule has 0 bridgehead atoms. The number of pyridine rings is 1. The van der Waals surface area contributed by atoms with Crippen LogP contribution in [0.2, 0.25) is 5.02 Å². The predicted octanol–water partition coefficient (Wildman–Crippen LogP) is 1.84. The molecule has 1 heterocycles. The summed E-state index contributed by atoms with van der Waals surface area (Å²) in [6, 6.07) is 5.33. The molecule has 8 heteroatoms. The fourth-order valence-corrected chi connectivity index (χ4v) is 2.90. The van der Waals surface area contributed by atoms with Gasteiger partial charge in [0.25, 0.3) is 0 Å². The highest BCUT2D eigenvalue weighted by Gasteiger charge is 2.18. The summed E-state index contributed by atoms with van der Waals surface area (Å²) in [6.07, 6.45) is 3.09. The van der Waals surface area contributed by atoms with Crippen molar-refractivity contribution >= 4 is 21.6 Å². The van der Waals surface area contributed by atoms with Gasteiger partial charge in [-0.05, 0) is 23.8 Å². The van der Waals surface area contributed by atoms with Gasteiger partial charge in [0.05, 0.1) is 16.5 Å². The molecule has 0 aliphatic carbocycles. The van der Waals surface area contributed by atoms with Crippen molar-refractivity contribution in [3.63, 3.8) is 0 Å². The molecule has 1 aromatic heterocycles. The van der Waals surface area contributed by atoms with Gasteiger partial charge >= 0.3 is 0 Å². The van der Waals surface area contributed by atoms with Crippen LogP contribution in [0.4, 0.5) is 4.39 Å². The van der Waals surface area contributed by atoms with Crippen molar-refractivity contribution in [2.24, 2.45) is 0 Å². The number of hydrogen-bond donors (Lipinski definition) is 2. The Morgan fingerprint density at radius 2 is 2.14 bits per heavy atom. The second-order valence-corrected chi connectivity index (χ2v) is 6.37. The average molecular weight is 331 g/mol. The molecule has 0 radical (unpaired) electrons. The minimum Gasteiger partial charge on any atom is -0.392 e. The molecule has 1 aromatic carbocycles. The minimum atomic E-state index is -3.92. The molecule has 2 aromatic rings. The van der Waals surface area contributed by atoms with E-state index in [1.807, 2.05) is 0 Å². The lowest BCUT2D eigenvalue weighted by Gasteiger charge is -2.09. The molecule has 112 valence electrons. The zero-order valence-corrected chi connectivity index (χ0v) is 12.3. The highest BCUT2D eigenvalue weighted by Crippen LogP contribution is 2.24. The molecule has 0 aliphatic heterocycles. The van der Waals surface area contributed by atoms with Gasteiger partial charge in [-0.1, -0.05) is 17.7 Å². The molecule has 0 fully saturated rings. The number of benzene rings is 1. The first kappa shape index (κ1) is 15.8. The van der Waals surface area contributed by atoms with E-state index in [1.54, 1.807) is 18.3 Å². The minimum absolute atomic E-state index is 0.0124. The lowest BCUT2D eigenvalue weighted by molar-refractivity contribution is 0.281. The van der Waals surface area contributed by atoms with Gasteiger partial charge in [-0.3, -0.25) is 4.98 Å². The Balaban J connectivity index is 2.25. The average Bonchev–Trinajstić information content (AvgIpc) is 2.49. The molecule has 0 amide bonds. The Morgan fingerprint density at radius 1 is 1.38 bits per heavy atom. The fourth-order valence-electron chi connectivity index (χ4n) is 1.65. The topological polar surface area (TPSA) is 79.3 Å². The molecular formula is C13H12ClFN2O3S. The zero-order valence-electron chi connectivity index (χ0n) is 10.8. The second-order valence-electron chi connectivity index (χ2n) is 4.22. The van der Waals surface area contributed by atoms with E-state index in [0.717, 1.165) is 12.1 Å². The third-order valence-corrected chi connectivity index (χ3v) is 4.55. The summed E-state index contributed by atoms with van der Waals surface area (Å²) >= 11 is 5.63. The van der Waals surface area contributed by atoms with Crippen molar-refractivity contribution in [3.8, 4) is 0 Å². The zero-order chi connectivity index (χ0) is 15.5. The molecule has 0 aliphatic rings. The molecule has 2 rings (SSSR count). The van der Waals surface area contributed by atoms with E-state index in [0.29, 0.717) is 5.56 Å². The van der Waals surface area contributed by atoms with Crippen LogP contribution in [0.3, 0.4) is 0 Å². The summed E-state index contributed by atoms with van der Waals surface area (Å²) in [6.45, 7) is -0.531. The van der Waals surface area contributed by atoms with E-state index in [2.05, 4.69) is 9.71 Å². The van der Waals surface area contributed by atoms with Gasteiger partial charge in [-0.25, -0.2) is 17.5 Å². The molecule has 21 heavy (non-hydrogen) atoms. The first-order valence-corrected chi connectivity index (χ1v) is 7.77. The van der Waals surface area contributed by atoms with Crippen LogP contribution in [0.15, 0.2) is 41.6 Å². The Labute approximate surface area is 126 Å². The monoisotopic (exact) mass is 330 g/mol. The molecule has 0 spiro atoms. The molecule has 0 saturated heterocycles. The fraction of sp³-hybridized carbons (Fsp3) is 0.154. The van der Waals surface area contributed by atoms with Gasteiger partial charge in [0.15, 0.2) is 0 Å². The Bertz CT molecular complexity index is 739. The van der Waals surface area contributed by atoms with Crippen LogP contribution in [0, 0.1) is 5.82 Å². The Morgan fingerprint density at radius 3 is 2.76 bits per heavy atom. The van der Waals surface area contributed by atoms with Crippen LogP contribution in [0.1, 0.15) is 11.1 Å². The number of aliphatic hydroxyl groups excluding tert-OH is 1. The summed E-state index contributed by atoms with van der Waals surface area (Å²) < 4.78 is 40.1. The highest BCUT2D eigenvalue weighted by atomic mass is 35.5. The molecule has 2 N–H and O–H groups in total. The van der Waals surface area contributed by atoms with Crippen LogP contribution in [0.5, 0.6) is 0 Å². The normalized spacial score (nSPS) is 11.6. The summed E-state index contributed by atoms with van der Waals surface area (Å²) in [4.78, 5) is 3.57. The molecule has 0 saturated carbocycles. The lowest BCUT2D eigenvalue weighted by Crippen LogP contribution is -2.23. The van der Waals surface area contributed by atoms with Crippen molar-refractivity contribution in [1.82, 2.24) is 9.71 Å². The summed E-state index contributed by atoms with van der Waals surface area (Å²) in [5.74, 6) is -0.898. The number of nitrogens with zero attached hydrogens (tertiary/aromatic N) is 1. The molecular weight excluding hydrogens is 319 g/mol. The maximum atomic E-state index is 13.6. The SMILES string of the molecule is O=S(=O)(NCc1cccnc1)c1cc(F)c(Cl)c(CO)c1. The Kier molecular flexibility index (Phi) is 4.89. The number of rotatable bonds is 5. The molecule has 0 unspecified atom stereocenters. The van der Waals surface area contributed by atoms with Crippen LogP contribution in [0.25, 0.3) is 0 Å². The van der Waals surface area contributed by atoms with Crippen molar-refractivity contribution in [2.75, 3.05) is 0 Å². The van der Waals surface area contributed by atoms with E-state index >= 15 is 0 Å². The van der Waals surface area contributed by atoms with E-state index in [4.69, 9.17) is 16.7 Å². The number of nitrogens with one attached hydrogen (secondary N) is 1. The van der Waals surface area contributed by atoms with Gasteiger partial charge in [0.1, 0.15) is 5.82 Å². The summed E-state index contributed by atoms with van der Waals surface area (Å²) in [7, 11) is -3.92. The lowest BCUT2D eigenvalue weighted by atomic mass is 10.2. The van der Waals surface area contributed by atoms with Gasteiger partial charge in [-0.15, -0.1) is 0 Å². The van der Waals surface area contributed by atoms with Crippen molar-refractivity contribution in [2.45, 2.75) is 18.0 Å². The van der Waals surface area contributed by atoms with E-state index in [-0.39, 0.29) is 22.0 Å². The smallest absolute Gasteiger partial charge is 0.240 e. The van der Waals surface area contributed by atoms with Crippen molar-refractivity contribution in [3.05, 3.63) is 58.6 Å². The number of aliphatic hydroxyl groups is 1. The number of aromatic nitrogens is 1. The van der Waals surface area contributed by atoms with E-state index in [1.165, 1.54) is 6.20 Å². The standard InChI is InChI=1S/C13H12ClFN2O3S/c14-13-10(8-18)4-11(5-12(13)15)21(19,20)17-7-9-2-1-3-16-6-9/h1-6,17-18H,7-8H2.